The fourth-order valence-electron chi connectivity index (χ4n) is 1.46. The van der Waals surface area contributed by atoms with Crippen molar-refractivity contribution in [3.63, 3.8) is 0 Å². The summed E-state index contributed by atoms with van der Waals surface area (Å²) in [7, 11) is 0. The molecule has 1 heterocycles. The molecule has 0 fully saturated rings. The van der Waals surface area contributed by atoms with Gasteiger partial charge in [-0.1, -0.05) is 29.3 Å². The molecule has 2 aromatic rings. The number of nitrogens with zero attached hydrogens (tertiary/aromatic N) is 1. The van der Waals surface area contributed by atoms with Gasteiger partial charge in [-0.05, 0) is 37.3 Å². The van der Waals surface area contributed by atoms with Crippen LogP contribution in [0.25, 0.3) is 17.0 Å². The number of hydrogen-bond donors (Lipinski definition) is 0. The molecule has 0 bridgehead atoms. The number of benzene rings is 1. The lowest BCUT2D eigenvalue weighted by Gasteiger charge is -2.02. The maximum Gasteiger partial charge on any atom is 0.152 e. The maximum absolute atomic E-state index is 10.9. The van der Waals surface area contributed by atoms with Gasteiger partial charge in [-0.2, -0.15) is 0 Å². The van der Waals surface area contributed by atoms with Crippen molar-refractivity contribution in [2.45, 2.75) is 6.92 Å². The zero-order valence-corrected chi connectivity index (χ0v) is 10.6. The molecule has 2 nitrogen and oxygen atoms in total. The van der Waals surface area contributed by atoms with E-state index in [0.29, 0.717) is 10.2 Å². The van der Waals surface area contributed by atoms with Crippen molar-refractivity contribution in [2.75, 3.05) is 0 Å². The molecule has 4 heteroatoms. The lowest BCUT2D eigenvalue weighted by Crippen LogP contribution is -1.86. The number of aromatic nitrogens is 1. The Morgan fingerprint density at radius 1 is 1.29 bits per heavy atom. The van der Waals surface area contributed by atoms with E-state index in [-0.39, 0.29) is 5.78 Å². The monoisotopic (exact) mass is 265 g/mol. The molecule has 0 radical (unpaired) electrons. The first-order valence-corrected chi connectivity index (χ1v) is 5.76. The van der Waals surface area contributed by atoms with Gasteiger partial charge in [0.05, 0.1) is 5.52 Å². The molecular weight excluding hydrogens is 257 g/mol. The average Bonchev–Trinajstić information content (AvgIpc) is 2.26. The van der Waals surface area contributed by atoms with Gasteiger partial charge in [0.1, 0.15) is 5.15 Å². The first-order chi connectivity index (χ1) is 8.06. The molecular formula is C13H9Cl2NO. The summed E-state index contributed by atoms with van der Waals surface area (Å²) in [5.41, 5.74) is 1.46. The smallest absolute Gasteiger partial charge is 0.152 e. The number of carbonyl (C=O) groups excluding carboxylic acids is 1. The summed E-state index contributed by atoms with van der Waals surface area (Å²) in [5.74, 6) is -0.0303. The van der Waals surface area contributed by atoms with E-state index >= 15 is 0 Å². The molecule has 0 spiro atoms. The summed E-state index contributed by atoms with van der Waals surface area (Å²) >= 11 is 11.9. The molecule has 0 aliphatic heterocycles. The second kappa shape index (κ2) is 4.86. The Labute approximate surface area is 109 Å². The molecule has 0 amide bonds. The van der Waals surface area contributed by atoms with Gasteiger partial charge in [0.25, 0.3) is 0 Å². The molecule has 0 unspecified atom stereocenters. The number of carbonyl (C=O) groups is 1. The third-order valence-corrected chi connectivity index (χ3v) is 2.80. The highest BCUT2D eigenvalue weighted by Gasteiger charge is 2.03. The van der Waals surface area contributed by atoms with E-state index in [1.54, 1.807) is 18.2 Å². The molecule has 0 aliphatic carbocycles. The van der Waals surface area contributed by atoms with Crippen molar-refractivity contribution in [3.8, 4) is 0 Å². The van der Waals surface area contributed by atoms with Gasteiger partial charge >= 0.3 is 0 Å². The Kier molecular flexibility index (Phi) is 3.46. The van der Waals surface area contributed by atoms with Crippen molar-refractivity contribution < 1.29 is 4.79 Å². The zero-order chi connectivity index (χ0) is 12.4. The number of halogens is 2. The van der Waals surface area contributed by atoms with Crippen LogP contribution in [0.3, 0.4) is 0 Å². The molecule has 0 atom stereocenters. The summed E-state index contributed by atoms with van der Waals surface area (Å²) in [5, 5.41) is 1.91. The average molecular weight is 266 g/mol. The van der Waals surface area contributed by atoms with Gasteiger partial charge in [0.15, 0.2) is 5.78 Å². The molecule has 17 heavy (non-hydrogen) atoms. The minimum Gasteiger partial charge on any atom is -0.295 e. The first kappa shape index (κ1) is 12.1. The van der Waals surface area contributed by atoms with Crippen LogP contribution in [0.5, 0.6) is 0 Å². The van der Waals surface area contributed by atoms with Crippen LogP contribution in [-0.2, 0) is 4.79 Å². The van der Waals surface area contributed by atoms with E-state index in [1.807, 2.05) is 12.1 Å². The number of ketones is 1. The van der Waals surface area contributed by atoms with Crippen LogP contribution in [0.4, 0.5) is 0 Å². The largest absolute Gasteiger partial charge is 0.295 e. The molecule has 0 saturated carbocycles. The Morgan fingerprint density at radius 3 is 2.76 bits per heavy atom. The number of fused-ring (bicyclic) bond motifs is 1. The van der Waals surface area contributed by atoms with E-state index in [1.165, 1.54) is 13.0 Å². The van der Waals surface area contributed by atoms with Crippen LogP contribution in [0.2, 0.25) is 10.2 Å². The third-order valence-electron chi connectivity index (χ3n) is 2.26. The highest BCUT2D eigenvalue weighted by molar-refractivity contribution is 6.32. The minimum absolute atomic E-state index is 0.0303. The van der Waals surface area contributed by atoms with Gasteiger partial charge in [0.2, 0.25) is 0 Å². The lowest BCUT2D eigenvalue weighted by molar-refractivity contribution is -0.112. The van der Waals surface area contributed by atoms with E-state index in [2.05, 4.69) is 4.98 Å². The van der Waals surface area contributed by atoms with Crippen LogP contribution >= 0.6 is 23.2 Å². The SMILES string of the molecule is CC(=O)/C=C/c1cc2ccc(Cl)cc2nc1Cl. The van der Waals surface area contributed by atoms with Gasteiger partial charge in [-0.3, -0.25) is 4.79 Å². The highest BCUT2D eigenvalue weighted by atomic mass is 35.5. The first-order valence-electron chi connectivity index (χ1n) is 5.01. The van der Waals surface area contributed by atoms with Crippen LogP contribution < -0.4 is 0 Å². The van der Waals surface area contributed by atoms with E-state index < -0.39 is 0 Å². The highest BCUT2D eigenvalue weighted by Crippen LogP contribution is 2.24. The minimum atomic E-state index is -0.0303. The predicted octanol–water partition coefficient (Wildman–Crippen LogP) is 4.14. The van der Waals surface area contributed by atoms with Gasteiger partial charge in [-0.25, -0.2) is 4.98 Å². The molecule has 0 aliphatic rings. The molecule has 1 aromatic carbocycles. The van der Waals surface area contributed by atoms with Crippen LogP contribution in [0.1, 0.15) is 12.5 Å². The fourth-order valence-corrected chi connectivity index (χ4v) is 1.83. The summed E-state index contributed by atoms with van der Waals surface area (Å²) in [6.45, 7) is 1.48. The summed E-state index contributed by atoms with van der Waals surface area (Å²) in [6, 6.07) is 7.28. The van der Waals surface area contributed by atoms with E-state index in [9.17, 15) is 4.79 Å². The van der Waals surface area contributed by atoms with Crippen LogP contribution in [0.15, 0.2) is 30.3 Å². The number of allylic oxidation sites excluding steroid dienone is 1. The summed E-state index contributed by atoms with van der Waals surface area (Å²) in [6.07, 6.45) is 3.12. The van der Waals surface area contributed by atoms with E-state index in [0.717, 1.165) is 16.5 Å². The second-order valence-electron chi connectivity index (χ2n) is 3.65. The third kappa shape index (κ3) is 2.84. The predicted molar refractivity (Wildman–Crippen MR) is 71.5 cm³/mol. The molecule has 0 N–H and O–H groups in total. The van der Waals surface area contributed by atoms with Crippen LogP contribution in [-0.4, -0.2) is 10.8 Å². The maximum atomic E-state index is 10.9. The molecule has 86 valence electrons. The Hall–Kier alpha value is -1.38. The van der Waals surface area contributed by atoms with Crippen molar-refractivity contribution in [1.29, 1.82) is 0 Å². The number of pyridine rings is 1. The Balaban J connectivity index is 2.55. The van der Waals surface area contributed by atoms with Gasteiger partial charge in [-0.15, -0.1) is 0 Å². The Bertz CT molecular complexity index is 620. The Morgan fingerprint density at radius 2 is 2.06 bits per heavy atom. The van der Waals surface area contributed by atoms with Crippen molar-refractivity contribution in [1.82, 2.24) is 4.98 Å². The van der Waals surface area contributed by atoms with Crippen LogP contribution in [0, 0.1) is 0 Å². The molecule has 0 saturated heterocycles. The number of rotatable bonds is 2. The second-order valence-corrected chi connectivity index (χ2v) is 4.44. The standard InChI is InChI=1S/C13H9Cl2NO/c1-8(17)2-3-10-6-9-4-5-11(14)7-12(9)16-13(10)15/h2-7H,1H3/b3-2+. The van der Waals surface area contributed by atoms with Gasteiger partial charge < -0.3 is 0 Å². The van der Waals surface area contributed by atoms with Crippen molar-refractivity contribution in [3.05, 3.63) is 46.1 Å². The van der Waals surface area contributed by atoms with Gasteiger partial charge in [0, 0.05) is 16.0 Å². The quantitative estimate of drug-likeness (QED) is 0.603. The normalized spacial score (nSPS) is 11.2. The fraction of sp³-hybridized carbons (Fsp3) is 0.0769. The zero-order valence-electron chi connectivity index (χ0n) is 9.08. The van der Waals surface area contributed by atoms with Crippen molar-refractivity contribution >= 4 is 46.0 Å². The molecule has 1 aromatic heterocycles. The topological polar surface area (TPSA) is 30.0 Å². The summed E-state index contributed by atoms with van der Waals surface area (Å²) < 4.78 is 0. The summed E-state index contributed by atoms with van der Waals surface area (Å²) in [4.78, 5) is 15.1. The number of hydrogen-bond acceptors (Lipinski definition) is 2. The lowest BCUT2D eigenvalue weighted by atomic mass is 10.1. The molecule has 2 rings (SSSR count). The van der Waals surface area contributed by atoms with Crippen molar-refractivity contribution in [2.24, 2.45) is 0 Å². The van der Waals surface area contributed by atoms with E-state index in [4.69, 9.17) is 23.2 Å².